The van der Waals surface area contributed by atoms with Gasteiger partial charge in [0.1, 0.15) is 5.60 Å². The fourth-order valence-corrected chi connectivity index (χ4v) is 7.29. The summed E-state index contributed by atoms with van der Waals surface area (Å²) in [6.07, 6.45) is 10.6. The van der Waals surface area contributed by atoms with E-state index in [1.165, 1.54) is 5.57 Å². The lowest BCUT2D eigenvalue weighted by Crippen LogP contribution is -2.58. The molecule has 0 heterocycles. The molecule has 136 valence electrons. The number of carbonyl (C=O) groups excluding carboxylic acids is 2. The lowest BCUT2D eigenvalue weighted by atomic mass is 9.47. The van der Waals surface area contributed by atoms with Crippen LogP contribution in [-0.2, 0) is 9.59 Å². The average Bonchev–Trinajstić information content (AvgIpc) is 2.77. The van der Waals surface area contributed by atoms with E-state index in [0.717, 1.165) is 32.1 Å². The molecule has 0 amide bonds. The number of rotatable bonds is 1. The second-order valence-corrected chi connectivity index (χ2v) is 9.52. The molecule has 0 saturated heterocycles. The minimum Gasteiger partial charge on any atom is -0.381 e. The quantitative estimate of drug-likeness (QED) is 0.787. The van der Waals surface area contributed by atoms with E-state index < -0.39 is 5.60 Å². The van der Waals surface area contributed by atoms with Gasteiger partial charge >= 0.3 is 0 Å². The van der Waals surface area contributed by atoms with Crippen LogP contribution in [-0.4, -0.2) is 22.3 Å². The SMILES string of the molecule is CC(=O)[C@@]1(O)[C@H](C)C[C@H]2[C@@H]3CCC4=CC(=O)C=C[C@]4(C)[C@H]3CC[C@@]21C. The number of allylic oxidation sites excluding steroid dienone is 4. The van der Waals surface area contributed by atoms with E-state index in [-0.39, 0.29) is 28.3 Å². The van der Waals surface area contributed by atoms with Crippen molar-refractivity contribution in [2.45, 2.75) is 65.4 Å². The Morgan fingerprint density at radius 3 is 2.64 bits per heavy atom. The third-order valence-electron chi connectivity index (χ3n) is 8.67. The molecule has 25 heavy (non-hydrogen) atoms. The maximum absolute atomic E-state index is 12.4. The van der Waals surface area contributed by atoms with E-state index in [0.29, 0.717) is 17.8 Å². The Balaban J connectivity index is 1.74. The van der Waals surface area contributed by atoms with Gasteiger partial charge in [-0.2, -0.15) is 0 Å². The van der Waals surface area contributed by atoms with Gasteiger partial charge in [0.15, 0.2) is 11.6 Å². The van der Waals surface area contributed by atoms with Crippen LogP contribution in [0.1, 0.15) is 59.8 Å². The highest BCUT2D eigenvalue weighted by Crippen LogP contribution is 2.68. The Labute approximate surface area is 150 Å². The summed E-state index contributed by atoms with van der Waals surface area (Å²) in [7, 11) is 0. The Morgan fingerprint density at radius 1 is 1.24 bits per heavy atom. The minimum atomic E-state index is -1.18. The standard InChI is InChI=1S/C22H30O3/c1-13-11-19-17-6-5-15-12-16(24)7-9-20(15,3)18(17)8-10-21(19,4)22(13,25)14(2)23/h7,9,12-13,17-19,25H,5-6,8,10-11H2,1-4H3/t13-,17-,18+,19+,20+,21+,22+/m1/s1. The first kappa shape index (κ1) is 17.2. The molecule has 4 aliphatic carbocycles. The molecular formula is C22H30O3. The molecular weight excluding hydrogens is 312 g/mol. The van der Waals surface area contributed by atoms with Crippen molar-refractivity contribution in [1.82, 2.24) is 0 Å². The molecule has 0 aromatic rings. The highest BCUT2D eigenvalue weighted by Gasteiger charge is 2.67. The molecule has 0 spiro atoms. The third-order valence-corrected chi connectivity index (χ3v) is 8.67. The Hall–Kier alpha value is -1.22. The van der Waals surface area contributed by atoms with Gasteiger partial charge in [0.05, 0.1) is 0 Å². The molecule has 1 N–H and O–H groups in total. The number of aliphatic hydroxyl groups is 1. The monoisotopic (exact) mass is 342 g/mol. The first-order chi connectivity index (χ1) is 11.6. The van der Waals surface area contributed by atoms with Crippen LogP contribution in [0.5, 0.6) is 0 Å². The number of hydrogen-bond acceptors (Lipinski definition) is 3. The highest BCUT2D eigenvalue weighted by atomic mass is 16.3. The summed E-state index contributed by atoms with van der Waals surface area (Å²) >= 11 is 0. The average molecular weight is 342 g/mol. The summed E-state index contributed by atoms with van der Waals surface area (Å²) < 4.78 is 0. The van der Waals surface area contributed by atoms with Crippen molar-refractivity contribution in [3.63, 3.8) is 0 Å². The van der Waals surface area contributed by atoms with Gasteiger partial charge < -0.3 is 5.11 Å². The number of carbonyl (C=O) groups is 2. The van der Waals surface area contributed by atoms with Crippen LogP contribution < -0.4 is 0 Å². The predicted molar refractivity (Wildman–Crippen MR) is 96.8 cm³/mol. The van der Waals surface area contributed by atoms with Crippen molar-refractivity contribution in [2.75, 3.05) is 0 Å². The molecule has 0 aromatic heterocycles. The number of fused-ring (bicyclic) bond motifs is 5. The number of Topliss-reactive ketones (excluding diaryl/α,β-unsaturated/α-hetero) is 1. The van der Waals surface area contributed by atoms with Crippen LogP contribution in [0, 0.1) is 34.5 Å². The molecule has 0 aromatic carbocycles. The maximum atomic E-state index is 12.4. The van der Waals surface area contributed by atoms with Gasteiger partial charge in [-0.15, -0.1) is 0 Å². The Kier molecular flexibility index (Phi) is 3.55. The van der Waals surface area contributed by atoms with Crippen molar-refractivity contribution in [1.29, 1.82) is 0 Å². The minimum absolute atomic E-state index is 0.0203. The first-order valence-electron chi connectivity index (χ1n) is 9.82. The van der Waals surface area contributed by atoms with Crippen LogP contribution >= 0.6 is 0 Å². The second kappa shape index (κ2) is 5.16. The zero-order chi connectivity index (χ0) is 18.2. The van der Waals surface area contributed by atoms with Gasteiger partial charge in [-0.05, 0) is 74.9 Å². The maximum Gasteiger partial charge on any atom is 0.178 e. The van der Waals surface area contributed by atoms with E-state index in [1.807, 2.05) is 6.08 Å². The predicted octanol–water partition coefficient (Wildman–Crippen LogP) is 3.86. The topological polar surface area (TPSA) is 54.4 Å². The van der Waals surface area contributed by atoms with Gasteiger partial charge in [0, 0.05) is 10.8 Å². The zero-order valence-corrected chi connectivity index (χ0v) is 15.8. The molecule has 3 fully saturated rings. The highest BCUT2D eigenvalue weighted by molar-refractivity contribution is 6.01. The molecule has 4 aliphatic rings. The fourth-order valence-electron chi connectivity index (χ4n) is 7.29. The molecule has 3 nitrogen and oxygen atoms in total. The molecule has 0 aliphatic heterocycles. The number of ketones is 2. The summed E-state index contributed by atoms with van der Waals surface area (Å²) in [6.45, 7) is 8.06. The molecule has 4 rings (SSSR count). The molecule has 3 saturated carbocycles. The molecule has 0 radical (unpaired) electrons. The lowest BCUT2D eigenvalue weighted by molar-refractivity contribution is -0.164. The lowest BCUT2D eigenvalue weighted by Gasteiger charge is -2.58. The van der Waals surface area contributed by atoms with Crippen molar-refractivity contribution in [3.8, 4) is 0 Å². The van der Waals surface area contributed by atoms with Crippen LogP contribution in [0.4, 0.5) is 0 Å². The summed E-state index contributed by atoms with van der Waals surface area (Å²) in [4.78, 5) is 24.2. The summed E-state index contributed by atoms with van der Waals surface area (Å²) in [6, 6.07) is 0. The van der Waals surface area contributed by atoms with Gasteiger partial charge in [-0.1, -0.05) is 32.4 Å². The van der Waals surface area contributed by atoms with Crippen molar-refractivity contribution < 1.29 is 14.7 Å². The van der Waals surface area contributed by atoms with Crippen LogP contribution in [0.3, 0.4) is 0 Å². The fraction of sp³-hybridized carbons (Fsp3) is 0.727. The Morgan fingerprint density at radius 2 is 1.96 bits per heavy atom. The van der Waals surface area contributed by atoms with Crippen molar-refractivity contribution in [3.05, 3.63) is 23.8 Å². The molecule has 3 heteroatoms. The normalized spacial score (nSPS) is 51.4. The Bertz CT molecular complexity index is 704. The van der Waals surface area contributed by atoms with E-state index in [1.54, 1.807) is 13.0 Å². The zero-order valence-electron chi connectivity index (χ0n) is 15.8. The second-order valence-electron chi connectivity index (χ2n) is 9.52. The van der Waals surface area contributed by atoms with Gasteiger partial charge in [-0.25, -0.2) is 0 Å². The largest absolute Gasteiger partial charge is 0.381 e. The van der Waals surface area contributed by atoms with Gasteiger partial charge in [0.25, 0.3) is 0 Å². The van der Waals surface area contributed by atoms with Crippen LogP contribution in [0.25, 0.3) is 0 Å². The molecule has 7 atom stereocenters. The first-order valence-corrected chi connectivity index (χ1v) is 9.82. The summed E-state index contributed by atoms with van der Waals surface area (Å²) in [5.74, 6) is 1.50. The van der Waals surface area contributed by atoms with Crippen LogP contribution in [0.2, 0.25) is 0 Å². The number of hydrogen-bond donors (Lipinski definition) is 1. The van der Waals surface area contributed by atoms with E-state index in [4.69, 9.17) is 0 Å². The van der Waals surface area contributed by atoms with Gasteiger partial charge in [-0.3, -0.25) is 9.59 Å². The summed E-state index contributed by atoms with van der Waals surface area (Å²) in [5.41, 5.74) is -0.237. The molecule has 0 unspecified atom stereocenters. The van der Waals surface area contributed by atoms with E-state index in [2.05, 4.69) is 26.8 Å². The summed E-state index contributed by atoms with van der Waals surface area (Å²) in [5, 5.41) is 11.4. The van der Waals surface area contributed by atoms with Crippen molar-refractivity contribution >= 4 is 11.6 Å². The smallest absolute Gasteiger partial charge is 0.178 e. The third kappa shape index (κ3) is 1.96. The van der Waals surface area contributed by atoms with E-state index >= 15 is 0 Å². The molecule has 0 bridgehead atoms. The van der Waals surface area contributed by atoms with Crippen LogP contribution in [0.15, 0.2) is 23.8 Å². The van der Waals surface area contributed by atoms with E-state index in [9.17, 15) is 14.7 Å². The van der Waals surface area contributed by atoms with Crippen molar-refractivity contribution in [2.24, 2.45) is 34.5 Å². The van der Waals surface area contributed by atoms with Gasteiger partial charge in [0.2, 0.25) is 0 Å².